The third kappa shape index (κ3) is 5.77. The number of ether oxygens (including phenoxy) is 1. The number of nitrogens with zero attached hydrogens (tertiary/aromatic N) is 1. The predicted octanol–water partition coefficient (Wildman–Crippen LogP) is 2.28. The number of benzene rings is 2. The van der Waals surface area contributed by atoms with Gasteiger partial charge in [-0.25, -0.2) is 4.79 Å². The second-order valence-corrected chi connectivity index (χ2v) is 5.70. The van der Waals surface area contributed by atoms with E-state index >= 15 is 0 Å². The third-order valence-corrected chi connectivity index (χ3v) is 3.59. The maximum absolute atomic E-state index is 12.1. The van der Waals surface area contributed by atoms with Gasteiger partial charge in [-0.1, -0.05) is 12.1 Å². The molecule has 0 unspecified atom stereocenters. The van der Waals surface area contributed by atoms with Gasteiger partial charge in [0.15, 0.2) is 6.10 Å². The summed E-state index contributed by atoms with van der Waals surface area (Å²) in [6, 6.07) is 11.6. The number of nitro benzene ring substituents is 1. The van der Waals surface area contributed by atoms with Gasteiger partial charge in [0.25, 0.3) is 11.6 Å². The van der Waals surface area contributed by atoms with Crippen LogP contribution >= 0.6 is 0 Å². The second kappa shape index (κ2) is 9.08. The second-order valence-electron chi connectivity index (χ2n) is 5.70. The standard InChI is InChI=1S/C19H17N3O6/c1-12(19(25)21-15-8-6-14(7-9-15)18(20)24)28-17(23)10-5-13-3-2-4-16(11-13)22(26)27/h2-12H,1H3,(H2,20,24)(H,21,25)/b10-5+/t12-/m1/s1. The topological polar surface area (TPSA) is 142 Å². The van der Waals surface area contributed by atoms with Gasteiger partial charge in [-0.2, -0.15) is 0 Å². The lowest BCUT2D eigenvalue weighted by atomic mass is 10.2. The highest BCUT2D eigenvalue weighted by atomic mass is 16.6. The smallest absolute Gasteiger partial charge is 0.331 e. The number of nitrogens with two attached hydrogens (primary N) is 1. The molecule has 0 aliphatic carbocycles. The molecule has 0 saturated carbocycles. The number of carbonyl (C=O) groups excluding carboxylic acids is 3. The summed E-state index contributed by atoms with van der Waals surface area (Å²) >= 11 is 0. The molecule has 144 valence electrons. The van der Waals surface area contributed by atoms with E-state index < -0.39 is 28.8 Å². The van der Waals surface area contributed by atoms with Crippen LogP contribution in [0, 0.1) is 10.1 Å². The van der Waals surface area contributed by atoms with Crippen LogP contribution in [-0.4, -0.2) is 28.8 Å². The van der Waals surface area contributed by atoms with Crippen molar-refractivity contribution in [2.24, 2.45) is 5.73 Å². The van der Waals surface area contributed by atoms with Crippen LogP contribution in [-0.2, 0) is 14.3 Å². The lowest BCUT2D eigenvalue weighted by Gasteiger charge is -2.12. The van der Waals surface area contributed by atoms with E-state index in [2.05, 4.69) is 5.32 Å². The zero-order valence-electron chi connectivity index (χ0n) is 14.8. The van der Waals surface area contributed by atoms with Gasteiger partial charge in [0.1, 0.15) is 0 Å². The summed E-state index contributed by atoms with van der Waals surface area (Å²) in [5.74, 6) is -1.93. The zero-order chi connectivity index (χ0) is 20.7. The quantitative estimate of drug-likeness (QED) is 0.325. The van der Waals surface area contributed by atoms with Crippen molar-refractivity contribution in [2.45, 2.75) is 13.0 Å². The summed E-state index contributed by atoms with van der Waals surface area (Å²) in [5.41, 5.74) is 6.18. The fraction of sp³-hybridized carbons (Fsp3) is 0.105. The number of primary amides is 1. The lowest BCUT2D eigenvalue weighted by Crippen LogP contribution is -2.29. The van der Waals surface area contributed by atoms with Gasteiger partial charge in [-0.3, -0.25) is 19.7 Å². The maximum Gasteiger partial charge on any atom is 0.331 e. The number of rotatable bonds is 7. The van der Waals surface area contributed by atoms with Crippen molar-refractivity contribution in [2.75, 3.05) is 5.32 Å². The molecule has 0 aromatic heterocycles. The van der Waals surface area contributed by atoms with Crippen LogP contribution < -0.4 is 11.1 Å². The van der Waals surface area contributed by atoms with Gasteiger partial charge in [0.2, 0.25) is 5.91 Å². The van der Waals surface area contributed by atoms with Crippen LogP contribution in [0.15, 0.2) is 54.6 Å². The number of hydrogen-bond donors (Lipinski definition) is 2. The average Bonchev–Trinajstić information content (AvgIpc) is 2.67. The van der Waals surface area contributed by atoms with Gasteiger partial charge in [-0.05, 0) is 42.8 Å². The molecule has 0 fully saturated rings. The number of nitrogens with one attached hydrogen (secondary N) is 1. The number of esters is 1. The molecule has 0 aliphatic heterocycles. The molecule has 0 heterocycles. The number of non-ortho nitro benzene ring substituents is 1. The minimum atomic E-state index is -1.09. The zero-order valence-corrected chi connectivity index (χ0v) is 14.8. The van der Waals surface area contributed by atoms with Gasteiger partial charge in [0, 0.05) is 29.5 Å². The van der Waals surface area contributed by atoms with E-state index in [1.807, 2.05) is 0 Å². The Kier molecular flexibility index (Phi) is 6.58. The molecule has 0 bridgehead atoms. The Balaban J connectivity index is 1.92. The first-order chi connectivity index (χ1) is 13.3. The molecular formula is C19H17N3O6. The van der Waals surface area contributed by atoms with Crippen molar-refractivity contribution in [3.63, 3.8) is 0 Å². The van der Waals surface area contributed by atoms with E-state index in [4.69, 9.17) is 10.5 Å². The first kappa shape index (κ1) is 20.3. The number of amides is 2. The summed E-state index contributed by atoms with van der Waals surface area (Å²) in [7, 11) is 0. The Morgan fingerprint density at radius 3 is 2.46 bits per heavy atom. The lowest BCUT2D eigenvalue weighted by molar-refractivity contribution is -0.384. The molecule has 1 atom stereocenters. The molecule has 0 radical (unpaired) electrons. The molecule has 0 saturated heterocycles. The number of carbonyl (C=O) groups is 3. The molecule has 0 aliphatic rings. The molecule has 2 aromatic carbocycles. The number of hydrogen-bond acceptors (Lipinski definition) is 6. The maximum atomic E-state index is 12.1. The third-order valence-electron chi connectivity index (χ3n) is 3.59. The highest BCUT2D eigenvalue weighted by Gasteiger charge is 2.17. The Labute approximate surface area is 159 Å². The molecule has 2 amide bonds. The molecule has 3 N–H and O–H groups in total. The Morgan fingerprint density at radius 2 is 1.86 bits per heavy atom. The fourth-order valence-electron chi connectivity index (χ4n) is 2.14. The first-order valence-electron chi connectivity index (χ1n) is 8.10. The minimum Gasteiger partial charge on any atom is -0.449 e. The van der Waals surface area contributed by atoms with Crippen LogP contribution in [0.25, 0.3) is 6.08 Å². The first-order valence-corrected chi connectivity index (χ1v) is 8.10. The highest BCUT2D eigenvalue weighted by molar-refractivity contribution is 5.97. The Hall–Kier alpha value is -4.01. The summed E-state index contributed by atoms with van der Waals surface area (Å²) in [5, 5.41) is 13.3. The average molecular weight is 383 g/mol. The minimum absolute atomic E-state index is 0.106. The van der Waals surface area contributed by atoms with E-state index in [9.17, 15) is 24.5 Å². The van der Waals surface area contributed by atoms with E-state index in [0.717, 1.165) is 6.08 Å². The normalized spacial score (nSPS) is 11.6. The van der Waals surface area contributed by atoms with Gasteiger partial charge in [-0.15, -0.1) is 0 Å². The van der Waals surface area contributed by atoms with Crippen molar-refractivity contribution < 1.29 is 24.0 Å². The predicted molar refractivity (Wildman–Crippen MR) is 101 cm³/mol. The number of anilines is 1. The molecular weight excluding hydrogens is 366 g/mol. The highest BCUT2D eigenvalue weighted by Crippen LogP contribution is 2.14. The van der Waals surface area contributed by atoms with Crippen molar-refractivity contribution in [3.05, 3.63) is 75.8 Å². The van der Waals surface area contributed by atoms with E-state index in [1.54, 1.807) is 6.07 Å². The summed E-state index contributed by atoms with van der Waals surface area (Å²) in [6.45, 7) is 1.40. The van der Waals surface area contributed by atoms with Gasteiger partial charge >= 0.3 is 5.97 Å². The SMILES string of the molecule is C[C@@H](OC(=O)/C=C/c1cccc([N+](=O)[O-])c1)C(=O)Nc1ccc(C(N)=O)cc1. The molecule has 2 aromatic rings. The van der Waals surface area contributed by atoms with Crippen LogP contribution in [0.2, 0.25) is 0 Å². The monoisotopic (exact) mass is 383 g/mol. The number of nitro groups is 1. The summed E-state index contributed by atoms with van der Waals surface area (Å²) in [4.78, 5) is 45.1. The summed E-state index contributed by atoms with van der Waals surface area (Å²) in [6.07, 6.45) is 1.34. The Bertz CT molecular complexity index is 937. The van der Waals surface area contributed by atoms with Crippen molar-refractivity contribution in [3.8, 4) is 0 Å². The van der Waals surface area contributed by atoms with Crippen molar-refractivity contribution in [1.29, 1.82) is 0 Å². The summed E-state index contributed by atoms with van der Waals surface area (Å²) < 4.78 is 5.00. The van der Waals surface area contributed by atoms with Gasteiger partial charge < -0.3 is 15.8 Å². The van der Waals surface area contributed by atoms with Crippen LogP contribution in [0.1, 0.15) is 22.8 Å². The molecule has 9 nitrogen and oxygen atoms in total. The van der Waals surface area contributed by atoms with Crippen LogP contribution in [0.4, 0.5) is 11.4 Å². The molecule has 0 spiro atoms. The molecule has 9 heteroatoms. The molecule has 2 rings (SSSR count). The largest absolute Gasteiger partial charge is 0.449 e. The van der Waals surface area contributed by atoms with E-state index in [-0.39, 0.29) is 5.69 Å². The van der Waals surface area contributed by atoms with Crippen molar-refractivity contribution in [1.82, 2.24) is 0 Å². The van der Waals surface area contributed by atoms with Crippen LogP contribution in [0.3, 0.4) is 0 Å². The van der Waals surface area contributed by atoms with Crippen molar-refractivity contribution >= 4 is 35.2 Å². The van der Waals surface area contributed by atoms with Gasteiger partial charge in [0.05, 0.1) is 4.92 Å². The van der Waals surface area contributed by atoms with Crippen LogP contribution in [0.5, 0.6) is 0 Å². The van der Waals surface area contributed by atoms with E-state index in [0.29, 0.717) is 16.8 Å². The molecule has 28 heavy (non-hydrogen) atoms. The Morgan fingerprint density at radius 1 is 1.18 bits per heavy atom. The van der Waals surface area contributed by atoms with E-state index in [1.165, 1.54) is 55.5 Å². The fourth-order valence-corrected chi connectivity index (χ4v) is 2.14.